The van der Waals surface area contributed by atoms with E-state index in [9.17, 15) is 20.2 Å². The zero-order chi connectivity index (χ0) is 19.6. The Balaban J connectivity index is 1.96. The smallest absolute Gasteiger partial charge is 0.271 e. The molecule has 0 saturated carbocycles. The van der Waals surface area contributed by atoms with Gasteiger partial charge in [0.05, 0.1) is 30.9 Å². The van der Waals surface area contributed by atoms with E-state index < -0.39 is 10.8 Å². The molecule has 2 N–H and O–H groups in total. The van der Waals surface area contributed by atoms with Crippen molar-refractivity contribution in [3.63, 3.8) is 0 Å². The lowest BCUT2D eigenvalue weighted by Gasteiger charge is -2.26. The summed E-state index contributed by atoms with van der Waals surface area (Å²) in [7, 11) is 1.42. The largest absolute Gasteiger partial charge is 0.495 e. The molecular formula is C17H21N5O5. The summed E-state index contributed by atoms with van der Waals surface area (Å²) in [6.07, 6.45) is 1.20. The molecule has 1 saturated heterocycles. The molecule has 0 radical (unpaired) electrons. The average molecular weight is 375 g/mol. The van der Waals surface area contributed by atoms with Crippen LogP contribution in [0.5, 0.6) is 5.75 Å². The molecule has 0 atom stereocenters. The number of anilines is 1. The van der Waals surface area contributed by atoms with Crippen molar-refractivity contribution in [2.75, 3.05) is 51.8 Å². The Bertz CT molecular complexity index is 753. The van der Waals surface area contributed by atoms with Gasteiger partial charge in [0.2, 0.25) is 0 Å². The molecule has 0 aliphatic carbocycles. The Morgan fingerprint density at radius 1 is 1.48 bits per heavy atom. The number of nitro groups is 1. The van der Waals surface area contributed by atoms with Gasteiger partial charge in [-0.05, 0) is 6.07 Å². The molecule has 144 valence electrons. The maximum absolute atomic E-state index is 12.1. The molecule has 10 nitrogen and oxygen atoms in total. The second-order valence-electron chi connectivity index (χ2n) is 5.67. The molecule has 0 spiro atoms. The number of nitrogens with zero attached hydrogens (tertiary/aromatic N) is 3. The van der Waals surface area contributed by atoms with Gasteiger partial charge in [-0.3, -0.25) is 19.8 Å². The zero-order valence-corrected chi connectivity index (χ0v) is 14.9. The summed E-state index contributed by atoms with van der Waals surface area (Å²) < 4.78 is 10.4. The number of ether oxygens (including phenoxy) is 2. The number of rotatable bonds is 8. The number of non-ortho nitro benzene ring substituents is 1. The minimum atomic E-state index is -0.544. The fourth-order valence-electron chi connectivity index (χ4n) is 2.47. The maximum Gasteiger partial charge on any atom is 0.271 e. The van der Waals surface area contributed by atoms with Crippen molar-refractivity contribution < 1.29 is 19.2 Å². The zero-order valence-electron chi connectivity index (χ0n) is 14.9. The number of nitrogens with one attached hydrogen (secondary N) is 2. The van der Waals surface area contributed by atoms with Crippen LogP contribution in [-0.2, 0) is 9.53 Å². The standard InChI is InChI=1S/C17H21N5O5/c1-26-16-3-2-14(22(24)25)10-15(16)20-12-13(11-18)17(23)19-4-5-21-6-8-27-9-7-21/h2-3,10,12,20H,4-9H2,1H3,(H,19,23)/b13-12-. The number of hydrogen-bond acceptors (Lipinski definition) is 8. The summed E-state index contributed by atoms with van der Waals surface area (Å²) in [4.78, 5) is 24.7. The predicted molar refractivity (Wildman–Crippen MR) is 97.2 cm³/mol. The SMILES string of the molecule is COc1ccc([N+](=O)[O-])cc1N/C=C(/C#N)C(=O)NCCN1CCOCC1. The van der Waals surface area contributed by atoms with Gasteiger partial charge >= 0.3 is 0 Å². The van der Waals surface area contributed by atoms with Crippen LogP contribution in [0, 0.1) is 21.4 Å². The molecule has 2 rings (SSSR count). The lowest BCUT2D eigenvalue weighted by molar-refractivity contribution is -0.384. The number of carbonyl (C=O) groups excluding carboxylic acids is 1. The molecule has 1 aliphatic rings. The van der Waals surface area contributed by atoms with Gasteiger partial charge in [0.25, 0.3) is 11.6 Å². The molecular weight excluding hydrogens is 354 g/mol. The first kappa shape index (κ1) is 20.2. The minimum absolute atomic E-state index is 0.139. The first-order valence-electron chi connectivity index (χ1n) is 8.32. The third kappa shape index (κ3) is 5.95. The van der Waals surface area contributed by atoms with Crippen LogP contribution in [0.3, 0.4) is 0 Å². The van der Waals surface area contributed by atoms with Gasteiger partial charge in [-0.15, -0.1) is 0 Å². The quantitative estimate of drug-likeness (QED) is 0.296. The number of hydrogen-bond donors (Lipinski definition) is 2. The molecule has 1 aliphatic heterocycles. The number of methoxy groups -OCH3 is 1. The van der Waals surface area contributed by atoms with Crippen LogP contribution in [0.4, 0.5) is 11.4 Å². The second kappa shape index (κ2) is 10.1. The Kier molecular flexibility index (Phi) is 7.54. The van der Waals surface area contributed by atoms with E-state index in [1.54, 1.807) is 0 Å². The van der Waals surface area contributed by atoms with Crippen LogP contribution in [-0.4, -0.2) is 62.2 Å². The Morgan fingerprint density at radius 2 is 2.22 bits per heavy atom. The summed E-state index contributed by atoms with van der Waals surface area (Å²) in [6, 6.07) is 5.81. The fourth-order valence-corrected chi connectivity index (χ4v) is 2.47. The predicted octanol–water partition coefficient (Wildman–Crippen LogP) is 0.871. The maximum atomic E-state index is 12.1. The monoisotopic (exact) mass is 375 g/mol. The van der Waals surface area contributed by atoms with E-state index in [1.807, 2.05) is 6.07 Å². The molecule has 0 aromatic heterocycles. The summed E-state index contributed by atoms with van der Waals surface area (Å²) in [5, 5.41) is 25.5. The van der Waals surface area contributed by atoms with Gasteiger partial charge in [0.1, 0.15) is 17.4 Å². The van der Waals surface area contributed by atoms with Crippen molar-refractivity contribution in [3.05, 3.63) is 40.1 Å². The molecule has 0 unspecified atom stereocenters. The summed E-state index contributed by atoms with van der Waals surface area (Å²) in [6.45, 7) is 4.03. The van der Waals surface area contributed by atoms with Gasteiger partial charge in [0, 0.05) is 44.5 Å². The molecule has 1 fully saturated rings. The van der Waals surface area contributed by atoms with Gasteiger partial charge in [-0.1, -0.05) is 0 Å². The highest BCUT2D eigenvalue weighted by Gasteiger charge is 2.14. The summed E-state index contributed by atoms with van der Waals surface area (Å²) in [5.41, 5.74) is -0.00808. The van der Waals surface area contributed by atoms with Crippen LogP contribution < -0.4 is 15.4 Å². The number of amides is 1. The van der Waals surface area contributed by atoms with Crippen LogP contribution in [0.1, 0.15) is 0 Å². The van der Waals surface area contributed by atoms with E-state index in [2.05, 4.69) is 15.5 Å². The third-order valence-corrected chi connectivity index (χ3v) is 3.95. The van der Waals surface area contributed by atoms with Crippen molar-refractivity contribution in [3.8, 4) is 11.8 Å². The first-order chi connectivity index (χ1) is 13.0. The molecule has 1 aromatic rings. The lowest BCUT2D eigenvalue weighted by Crippen LogP contribution is -2.41. The van der Waals surface area contributed by atoms with E-state index in [0.717, 1.165) is 13.1 Å². The van der Waals surface area contributed by atoms with E-state index >= 15 is 0 Å². The minimum Gasteiger partial charge on any atom is -0.495 e. The van der Waals surface area contributed by atoms with Crippen LogP contribution >= 0.6 is 0 Å². The van der Waals surface area contributed by atoms with Gasteiger partial charge < -0.3 is 20.1 Å². The number of morpholine rings is 1. The normalized spacial score (nSPS) is 14.9. The molecule has 27 heavy (non-hydrogen) atoms. The van der Waals surface area contributed by atoms with Crippen LogP contribution in [0.25, 0.3) is 0 Å². The van der Waals surface area contributed by atoms with Gasteiger partial charge in [-0.25, -0.2) is 0 Å². The highest BCUT2D eigenvalue weighted by atomic mass is 16.6. The van der Waals surface area contributed by atoms with Crippen molar-refractivity contribution in [2.24, 2.45) is 0 Å². The molecule has 1 amide bonds. The second-order valence-corrected chi connectivity index (χ2v) is 5.67. The Labute approximate surface area is 156 Å². The Morgan fingerprint density at radius 3 is 2.85 bits per heavy atom. The molecule has 10 heteroatoms. The van der Waals surface area contributed by atoms with Crippen molar-refractivity contribution in [2.45, 2.75) is 0 Å². The van der Waals surface area contributed by atoms with Crippen molar-refractivity contribution >= 4 is 17.3 Å². The highest BCUT2D eigenvalue weighted by molar-refractivity contribution is 5.97. The van der Waals surface area contributed by atoms with E-state index in [0.29, 0.717) is 32.1 Å². The third-order valence-electron chi connectivity index (χ3n) is 3.95. The van der Waals surface area contributed by atoms with Crippen molar-refractivity contribution in [1.82, 2.24) is 10.2 Å². The van der Waals surface area contributed by atoms with E-state index in [-0.39, 0.29) is 16.9 Å². The van der Waals surface area contributed by atoms with Gasteiger partial charge in [0.15, 0.2) is 0 Å². The lowest BCUT2D eigenvalue weighted by atomic mass is 10.2. The van der Waals surface area contributed by atoms with Crippen molar-refractivity contribution in [1.29, 1.82) is 5.26 Å². The van der Waals surface area contributed by atoms with Gasteiger partial charge in [-0.2, -0.15) is 5.26 Å². The average Bonchev–Trinajstić information content (AvgIpc) is 2.69. The first-order valence-corrected chi connectivity index (χ1v) is 8.32. The van der Waals surface area contributed by atoms with Crippen LogP contribution in [0.15, 0.2) is 30.0 Å². The number of nitriles is 1. The number of nitro benzene ring substituents is 1. The van der Waals surface area contributed by atoms with E-state index in [4.69, 9.17) is 9.47 Å². The van der Waals surface area contributed by atoms with E-state index in [1.165, 1.54) is 31.5 Å². The Hall–Kier alpha value is -3.16. The summed E-state index contributed by atoms with van der Waals surface area (Å²) >= 11 is 0. The highest BCUT2D eigenvalue weighted by Crippen LogP contribution is 2.28. The molecule has 1 aromatic carbocycles. The molecule has 1 heterocycles. The molecule has 0 bridgehead atoms. The number of benzene rings is 1. The fraction of sp³-hybridized carbons (Fsp3) is 0.412. The van der Waals surface area contributed by atoms with Crippen LogP contribution in [0.2, 0.25) is 0 Å². The number of carbonyl (C=O) groups is 1. The topological polar surface area (TPSA) is 130 Å². The summed E-state index contributed by atoms with van der Waals surface area (Å²) in [5.74, 6) is -0.176.